The molecule has 132 valence electrons. The number of nitrogens with zero attached hydrogens (tertiary/aromatic N) is 3. The minimum Gasteiger partial charge on any atom is -0.461 e. The van der Waals surface area contributed by atoms with Crippen molar-refractivity contribution in [2.45, 2.75) is 36.6 Å². The number of rotatable bonds is 4. The van der Waals surface area contributed by atoms with Gasteiger partial charge in [0.2, 0.25) is 11.7 Å². The molecule has 0 unspecified atom stereocenters. The molecule has 4 aromatic heterocycles. The van der Waals surface area contributed by atoms with Gasteiger partial charge in [0, 0.05) is 4.88 Å². The fourth-order valence-corrected chi connectivity index (χ4v) is 5.18. The summed E-state index contributed by atoms with van der Waals surface area (Å²) >= 11 is 3.02. The van der Waals surface area contributed by atoms with E-state index in [0.29, 0.717) is 28.4 Å². The molecule has 0 bridgehead atoms. The Balaban J connectivity index is 1.39. The first-order valence-electron chi connectivity index (χ1n) is 8.32. The predicted octanol–water partition coefficient (Wildman–Crippen LogP) is 3.80. The summed E-state index contributed by atoms with van der Waals surface area (Å²) in [6, 6.07) is 3.54. The number of fused-ring (bicyclic) bond motifs is 3. The highest BCUT2D eigenvalue weighted by Gasteiger charge is 2.20. The standard InChI is InChI=1S/C17H14N4O3S2/c22-15-13-9-4-1-2-6-11(9)26-16(13)20-17(19-15)25-8-12-18-14(21-24-12)10-5-3-7-23-10/h3,5,7H,1-2,4,6,8H2,(H,19,20,22). The van der Waals surface area contributed by atoms with Crippen LogP contribution in [0.25, 0.3) is 21.8 Å². The number of nitrogens with one attached hydrogen (secondary N) is 1. The van der Waals surface area contributed by atoms with E-state index < -0.39 is 0 Å². The van der Waals surface area contributed by atoms with E-state index in [9.17, 15) is 4.79 Å². The maximum atomic E-state index is 12.5. The van der Waals surface area contributed by atoms with Crippen molar-refractivity contribution in [1.82, 2.24) is 20.1 Å². The van der Waals surface area contributed by atoms with Crippen LogP contribution in [-0.2, 0) is 18.6 Å². The molecule has 0 atom stereocenters. The Labute approximate surface area is 155 Å². The molecule has 4 heterocycles. The molecule has 1 aliphatic rings. The molecule has 9 heteroatoms. The number of H-pyrrole nitrogens is 1. The number of thioether (sulfide) groups is 1. The molecular formula is C17H14N4O3S2. The number of aryl methyl sites for hydroxylation is 2. The highest BCUT2D eigenvalue weighted by atomic mass is 32.2. The minimum atomic E-state index is -0.0568. The third kappa shape index (κ3) is 2.77. The van der Waals surface area contributed by atoms with Gasteiger partial charge in [0.25, 0.3) is 5.56 Å². The van der Waals surface area contributed by atoms with Gasteiger partial charge in [-0.3, -0.25) is 4.79 Å². The molecule has 1 aliphatic carbocycles. The summed E-state index contributed by atoms with van der Waals surface area (Å²) in [6.07, 6.45) is 5.92. The van der Waals surface area contributed by atoms with Gasteiger partial charge in [0.1, 0.15) is 4.83 Å². The van der Waals surface area contributed by atoms with Crippen molar-refractivity contribution >= 4 is 33.3 Å². The zero-order chi connectivity index (χ0) is 17.5. The van der Waals surface area contributed by atoms with Gasteiger partial charge in [-0.25, -0.2) is 4.98 Å². The van der Waals surface area contributed by atoms with E-state index in [1.54, 1.807) is 29.7 Å². The third-order valence-electron chi connectivity index (χ3n) is 4.35. The number of hydrogen-bond acceptors (Lipinski definition) is 8. The van der Waals surface area contributed by atoms with E-state index >= 15 is 0 Å². The van der Waals surface area contributed by atoms with Crippen molar-refractivity contribution < 1.29 is 8.94 Å². The Bertz CT molecular complexity index is 1130. The Morgan fingerprint density at radius 2 is 2.19 bits per heavy atom. The molecule has 0 aromatic carbocycles. The first-order chi connectivity index (χ1) is 12.8. The molecular weight excluding hydrogens is 372 g/mol. The van der Waals surface area contributed by atoms with Crippen LogP contribution in [0.3, 0.4) is 0 Å². The van der Waals surface area contributed by atoms with Gasteiger partial charge in [0.05, 0.1) is 17.4 Å². The van der Waals surface area contributed by atoms with Crippen molar-refractivity contribution in [3.05, 3.63) is 45.1 Å². The number of aromatic nitrogens is 4. The molecule has 0 aliphatic heterocycles. The molecule has 4 aromatic rings. The van der Waals surface area contributed by atoms with Gasteiger partial charge in [-0.05, 0) is 43.4 Å². The summed E-state index contributed by atoms with van der Waals surface area (Å²) in [5, 5.41) is 5.24. The lowest BCUT2D eigenvalue weighted by Gasteiger charge is -2.09. The Morgan fingerprint density at radius 1 is 1.27 bits per heavy atom. The highest BCUT2D eigenvalue weighted by molar-refractivity contribution is 7.98. The van der Waals surface area contributed by atoms with Gasteiger partial charge in [-0.1, -0.05) is 16.9 Å². The Kier molecular flexibility index (Phi) is 3.90. The van der Waals surface area contributed by atoms with Crippen molar-refractivity contribution in [1.29, 1.82) is 0 Å². The minimum absolute atomic E-state index is 0.0568. The smallest absolute Gasteiger partial charge is 0.260 e. The lowest BCUT2D eigenvalue weighted by molar-refractivity contribution is 0.390. The lowest BCUT2D eigenvalue weighted by atomic mass is 9.97. The van der Waals surface area contributed by atoms with E-state index in [0.717, 1.165) is 29.5 Å². The zero-order valence-electron chi connectivity index (χ0n) is 13.7. The molecule has 26 heavy (non-hydrogen) atoms. The van der Waals surface area contributed by atoms with Crippen molar-refractivity contribution in [3.63, 3.8) is 0 Å². The molecule has 5 rings (SSSR count). The summed E-state index contributed by atoms with van der Waals surface area (Å²) in [4.78, 5) is 26.5. The van der Waals surface area contributed by atoms with E-state index in [-0.39, 0.29) is 5.56 Å². The summed E-state index contributed by atoms with van der Waals surface area (Å²) < 4.78 is 10.5. The van der Waals surface area contributed by atoms with E-state index in [1.165, 1.54) is 28.6 Å². The molecule has 0 amide bonds. The number of hydrogen-bond donors (Lipinski definition) is 1. The van der Waals surface area contributed by atoms with E-state index in [2.05, 4.69) is 20.1 Å². The number of thiophene rings is 1. The first kappa shape index (κ1) is 15.8. The fraction of sp³-hybridized carbons (Fsp3) is 0.294. The SMILES string of the molecule is O=c1[nH]c(SCc2nc(-c3ccco3)no2)nc2sc3c(c12)CCCC3. The highest BCUT2D eigenvalue weighted by Crippen LogP contribution is 2.34. The van der Waals surface area contributed by atoms with Gasteiger partial charge in [-0.2, -0.15) is 4.98 Å². The van der Waals surface area contributed by atoms with Gasteiger partial charge in [0.15, 0.2) is 10.9 Å². The van der Waals surface area contributed by atoms with Crippen LogP contribution >= 0.6 is 23.1 Å². The average molecular weight is 386 g/mol. The summed E-state index contributed by atoms with van der Waals surface area (Å²) in [7, 11) is 0. The normalized spacial score (nSPS) is 14.0. The van der Waals surface area contributed by atoms with E-state index in [1.807, 2.05) is 0 Å². The van der Waals surface area contributed by atoms with Crippen LogP contribution in [0, 0.1) is 0 Å². The largest absolute Gasteiger partial charge is 0.461 e. The van der Waals surface area contributed by atoms with Crippen molar-refractivity contribution in [2.75, 3.05) is 0 Å². The van der Waals surface area contributed by atoms with Gasteiger partial charge < -0.3 is 13.9 Å². The maximum absolute atomic E-state index is 12.5. The van der Waals surface area contributed by atoms with Crippen LogP contribution in [0.5, 0.6) is 0 Å². The van der Waals surface area contributed by atoms with Gasteiger partial charge >= 0.3 is 0 Å². The quantitative estimate of drug-likeness (QED) is 0.421. The first-order valence-corrected chi connectivity index (χ1v) is 10.1. The van der Waals surface area contributed by atoms with Crippen LogP contribution in [0.15, 0.2) is 37.3 Å². The number of aromatic amines is 1. The fourth-order valence-electron chi connectivity index (χ4n) is 3.16. The van der Waals surface area contributed by atoms with Crippen molar-refractivity contribution in [2.24, 2.45) is 0 Å². The maximum Gasteiger partial charge on any atom is 0.260 e. The molecule has 1 N–H and O–H groups in total. The topological polar surface area (TPSA) is 97.8 Å². The monoisotopic (exact) mass is 386 g/mol. The zero-order valence-corrected chi connectivity index (χ0v) is 15.3. The molecule has 0 radical (unpaired) electrons. The van der Waals surface area contributed by atoms with Gasteiger partial charge in [-0.15, -0.1) is 11.3 Å². The van der Waals surface area contributed by atoms with Crippen molar-refractivity contribution in [3.8, 4) is 11.6 Å². The van der Waals surface area contributed by atoms with Crippen LogP contribution in [0.4, 0.5) is 0 Å². The number of furan rings is 1. The van der Waals surface area contributed by atoms with Crippen LogP contribution < -0.4 is 5.56 Å². The predicted molar refractivity (Wildman–Crippen MR) is 98.4 cm³/mol. The van der Waals surface area contributed by atoms with E-state index in [4.69, 9.17) is 8.94 Å². The summed E-state index contributed by atoms with van der Waals surface area (Å²) in [5.74, 6) is 1.85. The van der Waals surface area contributed by atoms with Crippen LogP contribution in [0.1, 0.15) is 29.2 Å². The molecule has 0 fully saturated rings. The second-order valence-corrected chi connectivity index (χ2v) is 8.09. The summed E-state index contributed by atoms with van der Waals surface area (Å²) in [5.41, 5.74) is 1.14. The van der Waals surface area contributed by atoms with Crippen LogP contribution in [-0.4, -0.2) is 20.1 Å². The second kappa shape index (κ2) is 6.40. The molecule has 7 nitrogen and oxygen atoms in total. The summed E-state index contributed by atoms with van der Waals surface area (Å²) in [6.45, 7) is 0. The second-order valence-electron chi connectivity index (χ2n) is 6.04. The molecule has 0 spiro atoms. The Morgan fingerprint density at radius 3 is 3.08 bits per heavy atom. The molecule has 0 saturated carbocycles. The van der Waals surface area contributed by atoms with Crippen LogP contribution in [0.2, 0.25) is 0 Å². The lowest BCUT2D eigenvalue weighted by Crippen LogP contribution is -2.10. The average Bonchev–Trinajstić information content (AvgIpc) is 3.37. The molecule has 0 saturated heterocycles. The third-order valence-corrected chi connectivity index (χ3v) is 6.39. The Hall–Kier alpha value is -2.39.